The summed E-state index contributed by atoms with van der Waals surface area (Å²) in [5, 5.41) is 9.33. The Balaban J connectivity index is 1.85. The lowest BCUT2D eigenvalue weighted by atomic mass is 10.2. The number of carbonyl (C=O) groups excluding carboxylic acids is 1. The van der Waals surface area contributed by atoms with Crippen LogP contribution in [0.5, 0.6) is 0 Å². The molecule has 2 aliphatic heterocycles. The Labute approximate surface area is 107 Å². The van der Waals surface area contributed by atoms with Gasteiger partial charge < -0.3 is 19.5 Å². The summed E-state index contributed by atoms with van der Waals surface area (Å²) in [6.07, 6.45) is 0.920. The van der Waals surface area contributed by atoms with E-state index in [1.165, 1.54) is 0 Å². The van der Waals surface area contributed by atoms with Gasteiger partial charge in [0.25, 0.3) is 0 Å². The van der Waals surface area contributed by atoms with E-state index in [9.17, 15) is 9.90 Å². The molecule has 1 amide bonds. The molecule has 0 spiro atoms. The van der Waals surface area contributed by atoms with Gasteiger partial charge in [-0.2, -0.15) is 0 Å². The first kappa shape index (κ1) is 13.7. The molecule has 18 heavy (non-hydrogen) atoms. The smallest absolute Gasteiger partial charge is 0.236 e. The van der Waals surface area contributed by atoms with Gasteiger partial charge in [-0.05, 0) is 6.42 Å². The van der Waals surface area contributed by atoms with Crippen molar-refractivity contribution in [2.24, 2.45) is 0 Å². The number of likely N-dealkylation sites (tertiary alicyclic amines) is 1. The molecule has 2 saturated heterocycles. The van der Waals surface area contributed by atoms with Crippen molar-refractivity contribution in [3.05, 3.63) is 0 Å². The molecule has 0 bridgehead atoms. The average Bonchev–Trinajstić information content (AvgIpc) is 2.82. The van der Waals surface area contributed by atoms with Crippen LogP contribution in [0.4, 0.5) is 0 Å². The maximum atomic E-state index is 12.1. The van der Waals surface area contributed by atoms with Crippen LogP contribution in [0.15, 0.2) is 0 Å². The summed E-state index contributed by atoms with van der Waals surface area (Å²) in [5.41, 5.74) is 0. The van der Waals surface area contributed by atoms with E-state index in [4.69, 9.17) is 9.47 Å². The number of carbonyl (C=O) groups is 1. The molecule has 6 nitrogen and oxygen atoms in total. The summed E-state index contributed by atoms with van der Waals surface area (Å²) in [4.78, 5) is 16.0. The Morgan fingerprint density at radius 2 is 2.17 bits per heavy atom. The van der Waals surface area contributed by atoms with Gasteiger partial charge in [0.1, 0.15) is 0 Å². The first-order valence-electron chi connectivity index (χ1n) is 6.47. The van der Waals surface area contributed by atoms with Crippen LogP contribution in [0.1, 0.15) is 6.42 Å². The highest BCUT2D eigenvalue weighted by Crippen LogP contribution is 2.19. The van der Waals surface area contributed by atoms with Crippen molar-refractivity contribution >= 4 is 5.91 Å². The Morgan fingerprint density at radius 3 is 2.78 bits per heavy atom. The van der Waals surface area contributed by atoms with E-state index in [0.29, 0.717) is 32.8 Å². The largest absolute Gasteiger partial charge is 0.395 e. The van der Waals surface area contributed by atoms with E-state index >= 15 is 0 Å². The summed E-state index contributed by atoms with van der Waals surface area (Å²) in [6.45, 7) is 3.75. The van der Waals surface area contributed by atoms with Gasteiger partial charge in [0.05, 0.1) is 32.5 Å². The van der Waals surface area contributed by atoms with Crippen LogP contribution in [0.2, 0.25) is 0 Å². The van der Waals surface area contributed by atoms with Crippen molar-refractivity contribution in [2.75, 3.05) is 53.1 Å². The van der Waals surface area contributed by atoms with Crippen LogP contribution in [0, 0.1) is 0 Å². The number of rotatable bonds is 4. The normalized spacial score (nSPS) is 29.8. The molecule has 0 radical (unpaired) electrons. The summed E-state index contributed by atoms with van der Waals surface area (Å²) in [6, 6.07) is 0.0416. The fourth-order valence-electron chi connectivity index (χ4n) is 2.58. The summed E-state index contributed by atoms with van der Waals surface area (Å²) >= 11 is 0. The molecular formula is C12H22N2O4. The lowest BCUT2D eigenvalue weighted by molar-refractivity contribution is -0.136. The number of hydrogen-bond donors (Lipinski definition) is 1. The fraction of sp³-hybridized carbons (Fsp3) is 0.917. The van der Waals surface area contributed by atoms with Gasteiger partial charge in [-0.15, -0.1) is 0 Å². The van der Waals surface area contributed by atoms with Crippen molar-refractivity contribution in [3.8, 4) is 0 Å². The molecule has 6 heteroatoms. The highest BCUT2D eigenvalue weighted by atomic mass is 16.5. The molecule has 0 unspecified atom stereocenters. The molecule has 0 aliphatic carbocycles. The van der Waals surface area contributed by atoms with E-state index < -0.39 is 0 Å². The van der Waals surface area contributed by atoms with Crippen molar-refractivity contribution < 1.29 is 19.4 Å². The standard InChI is InChI=1S/C12H22N2O4/c1-17-11-6-10(9-15)14(7-11)8-12(16)13-2-4-18-5-3-13/h10-11,15H,2-9H2,1H3/t10-,11-/m0/s1. The minimum Gasteiger partial charge on any atom is -0.395 e. The average molecular weight is 258 g/mol. The van der Waals surface area contributed by atoms with E-state index in [1.807, 2.05) is 9.80 Å². The third kappa shape index (κ3) is 3.20. The SMILES string of the molecule is CO[C@H]1C[C@@H](CO)N(CC(=O)N2CCOCC2)C1. The third-order valence-corrected chi connectivity index (χ3v) is 3.74. The van der Waals surface area contributed by atoms with Gasteiger partial charge in [-0.1, -0.05) is 0 Å². The van der Waals surface area contributed by atoms with Crippen molar-refractivity contribution in [1.82, 2.24) is 9.80 Å². The number of amides is 1. The van der Waals surface area contributed by atoms with Crippen molar-refractivity contribution in [2.45, 2.75) is 18.6 Å². The van der Waals surface area contributed by atoms with Gasteiger partial charge in [-0.3, -0.25) is 9.69 Å². The predicted octanol–water partition coefficient (Wildman–Crippen LogP) is -1.07. The molecule has 0 aromatic rings. The molecule has 2 heterocycles. The second-order valence-corrected chi connectivity index (χ2v) is 4.85. The number of morpholine rings is 1. The Kier molecular flexibility index (Phi) is 4.94. The first-order chi connectivity index (χ1) is 8.74. The molecule has 2 fully saturated rings. The third-order valence-electron chi connectivity index (χ3n) is 3.74. The number of aliphatic hydroxyl groups excluding tert-OH is 1. The van der Waals surface area contributed by atoms with Crippen LogP contribution in [0.25, 0.3) is 0 Å². The Morgan fingerprint density at radius 1 is 1.44 bits per heavy atom. The molecule has 2 rings (SSSR count). The monoisotopic (exact) mass is 258 g/mol. The van der Waals surface area contributed by atoms with Crippen LogP contribution in [-0.4, -0.2) is 86.1 Å². The molecule has 1 N–H and O–H groups in total. The highest BCUT2D eigenvalue weighted by Gasteiger charge is 2.33. The zero-order valence-electron chi connectivity index (χ0n) is 10.9. The molecule has 0 aromatic heterocycles. The van der Waals surface area contributed by atoms with E-state index in [1.54, 1.807) is 7.11 Å². The number of nitrogens with zero attached hydrogens (tertiary/aromatic N) is 2. The minimum absolute atomic E-state index is 0.0416. The van der Waals surface area contributed by atoms with Gasteiger partial charge in [0.15, 0.2) is 0 Å². The zero-order valence-corrected chi connectivity index (χ0v) is 10.9. The molecule has 2 atom stereocenters. The highest BCUT2D eigenvalue weighted by molar-refractivity contribution is 5.78. The van der Waals surface area contributed by atoms with Crippen LogP contribution in [0.3, 0.4) is 0 Å². The van der Waals surface area contributed by atoms with Gasteiger partial charge in [0.2, 0.25) is 5.91 Å². The van der Waals surface area contributed by atoms with Crippen LogP contribution in [-0.2, 0) is 14.3 Å². The van der Waals surface area contributed by atoms with Crippen molar-refractivity contribution in [3.63, 3.8) is 0 Å². The lowest BCUT2D eigenvalue weighted by Crippen LogP contribution is -2.47. The number of ether oxygens (including phenoxy) is 2. The van der Waals surface area contributed by atoms with Crippen molar-refractivity contribution in [1.29, 1.82) is 0 Å². The Bertz CT molecular complexity index is 281. The second kappa shape index (κ2) is 6.47. The summed E-state index contributed by atoms with van der Waals surface area (Å²) < 4.78 is 10.5. The Hall–Kier alpha value is -0.690. The molecule has 0 aromatic carbocycles. The van der Waals surface area contributed by atoms with E-state index in [0.717, 1.165) is 13.0 Å². The van der Waals surface area contributed by atoms with E-state index in [-0.39, 0.29) is 24.7 Å². The van der Waals surface area contributed by atoms with Crippen LogP contribution >= 0.6 is 0 Å². The number of methoxy groups -OCH3 is 1. The van der Waals surface area contributed by atoms with Gasteiger partial charge >= 0.3 is 0 Å². The number of hydrogen-bond acceptors (Lipinski definition) is 5. The minimum atomic E-state index is 0.0416. The maximum absolute atomic E-state index is 12.1. The lowest BCUT2D eigenvalue weighted by Gasteiger charge is -2.30. The predicted molar refractivity (Wildman–Crippen MR) is 65.3 cm³/mol. The fourth-order valence-corrected chi connectivity index (χ4v) is 2.58. The first-order valence-corrected chi connectivity index (χ1v) is 6.47. The van der Waals surface area contributed by atoms with Crippen LogP contribution < -0.4 is 0 Å². The number of aliphatic hydroxyl groups is 1. The summed E-state index contributed by atoms with van der Waals surface area (Å²) in [5.74, 6) is 0.119. The maximum Gasteiger partial charge on any atom is 0.236 e. The molecule has 0 saturated carbocycles. The van der Waals surface area contributed by atoms with E-state index in [2.05, 4.69) is 0 Å². The summed E-state index contributed by atoms with van der Waals surface area (Å²) in [7, 11) is 1.67. The molecule has 104 valence electrons. The topological polar surface area (TPSA) is 62.2 Å². The molecular weight excluding hydrogens is 236 g/mol. The molecule has 2 aliphatic rings. The zero-order chi connectivity index (χ0) is 13.0. The second-order valence-electron chi connectivity index (χ2n) is 4.85. The van der Waals surface area contributed by atoms with Gasteiger partial charge in [0, 0.05) is 32.8 Å². The quantitative estimate of drug-likeness (QED) is 0.695. The van der Waals surface area contributed by atoms with Gasteiger partial charge in [-0.25, -0.2) is 0 Å².